The first kappa shape index (κ1) is 19.7. The van der Waals surface area contributed by atoms with Crippen molar-refractivity contribution < 1.29 is 13.9 Å². The minimum atomic E-state index is -0.228. The lowest BCUT2D eigenvalue weighted by molar-refractivity contribution is 0.0601. The number of nitrogens with zero attached hydrogens (tertiary/aromatic N) is 2. The van der Waals surface area contributed by atoms with Gasteiger partial charge in [0.1, 0.15) is 11.6 Å². The summed E-state index contributed by atoms with van der Waals surface area (Å²) in [6.07, 6.45) is 2.87. The second-order valence-corrected chi connectivity index (χ2v) is 8.79. The van der Waals surface area contributed by atoms with E-state index in [4.69, 9.17) is 4.74 Å². The van der Waals surface area contributed by atoms with Crippen molar-refractivity contribution in [3.63, 3.8) is 0 Å². The normalized spacial score (nSPS) is 23.1. The molecule has 2 saturated heterocycles. The van der Waals surface area contributed by atoms with Crippen LogP contribution in [0.2, 0.25) is 0 Å². The Labute approximate surface area is 172 Å². The first-order chi connectivity index (χ1) is 13.8. The molecule has 0 spiro atoms. The molecule has 0 radical (unpaired) electrons. The van der Waals surface area contributed by atoms with Crippen molar-refractivity contribution in [1.82, 2.24) is 4.90 Å². The molecule has 5 heteroatoms. The fraction of sp³-hybridized carbons (Fsp3) is 0.458. The summed E-state index contributed by atoms with van der Waals surface area (Å²) in [4.78, 5) is 18.0. The van der Waals surface area contributed by atoms with Crippen LogP contribution in [0.25, 0.3) is 0 Å². The van der Waals surface area contributed by atoms with Gasteiger partial charge in [0, 0.05) is 17.8 Å². The number of carbonyl (C=O) groups excluding carboxylic acids is 1. The number of hydrogen-bond acceptors (Lipinski definition) is 3. The average Bonchev–Trinajstić information content (AvgIpc) is 2.97. The van der Waals surface area contributed by atoms with E-state index < -0.39 is 0 Å². The van der Waals surface area contributed by atoms with Gasteiger partial charge in [-0.25, -0.2) is 4.39 Å². The molecule has 0 saturated carbocycles. The van der Waals surface area contributed by atoms with Crippen molar-refractivity contribution in [3.05, 3.63) is 59.4 Å². The van der Waals surface area contributed by atoms with Gasteiger partial charge in [0.2, 0.25) is 0 Å². The van der Waals surface area contributed by atoms with Gasteiger partial charge in [-0.2, -0.15) is 0 Å². The largest absolute Gasteiger partial charge is 0.496 e. The molecule has 4 nitrogen and oxygen atoms in total. The lowest BCUT2D eigenvalue weighted by Crippen LogP contribution is -2.53. The van der Waals surface area contributed by atoms with Gasteiger partial charge in [0.25, 0.3) is 5.91 Å². The molecule has 4 rings (SSSR count). The number of hydrogen-bond donors (Lipinski definition) is 0. The number of methoxy groups -OCH3 is 1. The number of amides is 1. The maximum Gasteiger partial charge on any atom is 0.257 e. The van der Waals surface area contributed by atoms with Gasteiger partial charge in [-0.1, -0.05) is 12.1 Å². The van der Waals surface area contributed by atoms with Crippen molar-refractivity contribution in [2.45, 2.75) is 57.7 Å². The lowest BCUT2D eigenvalue weighted by Gasteiger charge is -2.42. The van der Waals surface area contributed by atoms with E-state index >= 15 is 0 Å². The molecule has 2 heterocycles. The molecule has 1 amide bonds. The molecule has 2 aromatic rings. The average molecular weight is 397 g/mol. The molecule has 0 aliphatic carbocycles. The van der Waals surface area contributed by atoms with Crippen LogP contribution in [-0.2, 0) is 0 Å². The van der Waals surface area contributed by atoms with E-state index in [2.05, 4.69) is 18.7 Å². The molecule has 0 aromatic heterocycles. The van der Waals surface area contributed by atoms with Crippen LogP contribution in [0.5, 0.6) is 5.75 Å². The number of likely N-dealkylation sites (tertiary alicyclic amines) is 1. The Balaban J connectivity index is 1.68. The van der Waals surface area contributed by atoms with E-state index in [1.54, 1.807) is 7.11 Å². The third kappa shape index (κ3) is 3.37. The van der Waals surface area contributed by atoms with Gasteiger partial charge in [-0.05, 0) is 75.9 Å². The quantitative estimate of drug-likeness (QED) is 0.747. The number of carbonyl (C=O) groups is 1. The third-order valence-electron chi connectivity index (χ3n) is 6.45. The molecule has 29 heavy (non-hydrogen) atoms. The molecule has 0 N–H and O–H groups in total. The minimum Gasteiger partial charge on any atom is -0.496 e. The lowest BCUT2D eigenvalue weighted by atomic mass is 9.93. The highest BCUT2D eigenvalue weighted by Gasteiger charge is 2.50. The molecule has 2 atom stereocenters. The van der Waals surface area contributed by atoms with Crippen molar-refractivity contribution in [2.75, 3.05) is 18.6 Å². The van der Waals surface area contributed by atoms with E-state index in [1.165, 1.54) is 12.1 Å². The SMILES string of the molecule is COc1c(C)cccc1C(=O)N1CCC[C@H]2[C@@H]1CC(C)(C)N2c1ccc(F)cc1. The summed E-state index contributed by atoms with van der Waals surface area (Å²) >= 11 is 0. The number of fused-ring (bicyclic) bond motifs is 1. The summed E-state index contributed by atoms with van der Waals surface area (Å²) in [6.45, 7) is 7.14. The number of aryl methyl sites for hydroxylation is 1. The van der Waals surface area contributed by atoms with Crippen LogP contribution in [0.15, 0.2) is 42.5 Å². The van der Waals surface area contributed by atoms with Gasteiger partial charge in [0.15, 0.2) is 0 Å². The zero-order chi connectivity index (χ0) is 20.8. The van der Waals surface area contributed by atoms with Crippen LogP contribution >= 0.6 is 0 Å². The summed E-state index contributed by atoms with van der Waals surface area (Å²) in [5.74, 6) is 0.471. The second kappa shape index (κ2) is 7.36. The standard InChI is InChI=1S/C24H29FN2O2/c1-16-7-5-8-19(22(16)29-4)23(28)26-14-6-9-20-21(26)15-24(2,3)27(20)18-12-10-17(25)11-13-18/h5,7-8,10-13,20-21H,6,9,14-15H2,1-4H3/t20-,21-/m0/s1. The fourth-order valence-electron chi connectivity index (χ4n) is 5.28. The summed E-state index contributed by atoms with van der Waals surface area (Å²) in [5.41, 5.74) is 2.50. The van der Waals surface area contributed by atoms with Gasteiger partial charge in [0.05, 0.1) is 24.8 Å². The molecule has 2 aromatic carbocycles. The Hall–Kier alpha value is -2.56. The number of halogens is 1. The van der Waals surface area contributed by atoms with Crippen molar-refractivity contribution in [1.29, 1.82) is 0 Å². The Morgan fingerprint density at radius 1 is 1.14 bits per heavy atom. The molecule has 2 fully saturated rings. The molecular weight excluding hydrogens is 367 g/mol. The summed E-state index contributed by atoms with van der Waals surface area (Å²) in [5, 5.41) is 0. The summed E-state index contributed by atoms with van der Waals surface area (Å²) in [7, 11) is 1.62. The van der Waals surface area contributed by atoms with E-state index in [1.807, 2.05) is 42.2 Å². The topological polar surface area (TPSA) is 32.8 Å². The monoisotopic (exact) mass is 396 g/mol. The van der Waals surface area contributed by atoms with Crippen LogP contribution in [0.1, 0.15) is 49.0 Å². The first-order valence-electron chi connectivity index (χ1n) is 10.3. The Morgan fingerprint density at radius 2 is 1.86 bits per heavy atom. The Kier molecular flexibility index (Phi) is 5.01. The molecule has 2 aliphatic rings. The molecule has 0 unspecified atom stereocenters. The van der Waals surface area contributed by atoms with E-state index in [9.17, 15) is 9.18 Å². The maximum absolute atomic E-state index is 13.6. The zero-order valence-corrected chi connectivity index (χ0v) is 17.6. The summed E-state index contributed by atoms with van der Waals surface area (Å²) in [6, 6.07) is 12.8. The molecule has 154 valence electrons. The Bertz CT molecular complexity index is 910. The van der Waals surface area contributed by atoms with Gasteiger partial charge >= 0.3 is 0 Å². The van der Waals surface area contributed by atoms with Crippen molar-refractivity contribution >= 4 is 11.6 Å². The third-order valence-corrected chi connectivity index (χ3v) is 6.45. The number of anilines is 1. The highest BCUT2D eigenvalue weighted by molar-refractivity contribution is 5.97. The van der Waals surface area contributed by atoms with Crippen molar-refractivity contribution in [3.8, 4) is 5.75 Å². The van der Waals surface area contributed by atoms with Gasteiger partial charge in [-0.15, -0.1) is 0 Å². The van der Waals surface area contributed by atoms with Crippen LogP contribution in [0.4, 0.5) is 10.1 Å². The molecular formula is C24H29FN2O2. The number of ether oxygens (including phenoxy) is 1. The van der Waals surface area contributed by atoms with Gasteiger partial charge < -0.3 is 14.5 Å². The second-order valence-electron chi connectivity index (χ2n) is 8.79. The highest BCUT2D eigenvalue weighted by Crippen LogP contribution is 2.44. The van der Waals surface area contributed by atoms with Crippen LogP contribution in [0.3, 0.4) is 0 Å². The van der Waals surface area contributed by atoms with E-state index in [0.717, 1.165) is 37.1 Å². The van der Waals surface area contributed by atoms with Gasteiger partial charge in [-0.3, -0.25) is 4.79 Å². The van der Waals surface area contributed by atoms with Crippen molar-refractivity contribution in [2.24, 2.45) is 0 Å². The predicted octanol–water partition coefficient (Wildman–Crippen LogP) is 4.80. The van der Waals surface area contributed by atoms with Crippen LogP contribution in [-0.4, -0.2) is 42.1 Å². The van der Waals surface area contributed by atoms with Crippen LogP contribution < -0.4 is 9.64 Å². The minimum absolute atomic E-state index is 0.0389. The smallest absolute Gasteiger partial charge is 0.257 e. The van der Waals surface area contributed by atoms with E-state index in [-0.39, 0.29) is 29.3 Å². The zero-order valence-electron chi connectivity index (χ0n) is 17.6. The molecule has 0 bridgehead atoms. The van der Waals surface area contributed by atoms with E-state index in [0.29, 0.717) is 11.3 Å². The number of rotatable bonds is 3. The Morgan fingerprint density at radius 3 is 2.55 bits per heavy atom. The summed E-state index contributed by atoms with van der Waals surface area (Å²) < 4.78 is 19.0. The highest BCUT2D eigenvalue weighted by atomic mass is 19.1. The van der Waals surface area contributed by atoms with Crippen LogP contribution in [0, 0.1) is 12.7 Å². The number of benzene rings is 2. The maximum atomic E-state index is 13.6. The number of para-hydroxylation sites is 1. The fourth-order valence-corrected chi connectivity index (χ4v) is 5.28. The number of piperidine rings is 1. The first-order valence-corrected chi connectivity index (χ1v) is 10.3. The predicted molar refractivity (Wildman–Crippen MR) is 113 cm³/mol. The molecule has 2 aliphatic heterocycles.